The molecule has 14 heteroatoms. The van der Waals surface area contributed by atoms with Gasteiger partial charge in [0.1, 0.15) is 5.75 Å². The molecule has 10 nitrogen and oxygen atoms in total. The summed E-state index contributed by atoms with van der Waals surface area (Å²) >= 11 is 0. The molecule has 5 rings (SSSR count). The van der Waals surface area contributed by atoms with E-state index in [1.165, 1.54) is 36.4 Å². The number of aryl methyl sites for hydroxylation is 2. The number of sulfone groups is 1. The largest absolute Gasteiger partial charge is 0.573 e. The Morgan fingerprint density at radius 1 is 0.935 bits per heavy atom. The van der Waals surface area contributed by atoms with Gasteiger partial charge in [-0.1, -0.05) is 47.6 Å². The van der Waals surface area contributed by atoms with Crippen molar-refractivity contribution in [3.63, 3.8) is 0 Å². The molecule has 2 heterocycles. The van der Waals surface area contributed by atoms with E-state index in [9.17, 15) is 31.6 Å². The van der Waals surface area contributed by atoms with Gasteiger partial charge >= 0.3 is 6.36 Å². The monoisotopic (exact) mass is 658 g/mol. The zero-order valence-corrected chi connectivity index (χ0v) is 25.6. The van der Waals surface area contributed by atoms with E-state index in [-0.39, 0.29) is 29.3 Å². The molecule has 1 amide bonds. The summed E-state index contributed by atoms with van der Waals surface area (Å²) in [6, 6.07) is 21.4. The van der Waals surface area contributed by atoms with E-state index in [0.29, 0.717) is 50.4 Å². The minimum absolute atomic E-state index is 0.0211. The summed E-state index contributed by atoms with van der Waals surface area (Å²) in [6.07, 6.45) is -2.12. The molecule has 3 aromatic carbocycles. The van der Waals surface area contributed by atoms with Crippen LogP contribution in [0.1, 0.15) is 42.7 Å². The van der Waals surface area contributed by atoms with Gasteiger partial charge in [0.2, 0.25) is 11.7 Å². The second-order valence-electron chi connectivity index (χ2n) is 11.1. The van der Waals surface area contributed by atoms with Crippen LogP contribution in [-0.4, -0.2) is 58.8 Å². The highest BCUT2D eigenvalue weighted by Crippen LogP contribution is 2.36. The number of hydrogen-bond donors (Lipinski definition) is 2. The summed E-state index contributed by atoms with van der Waals surface area (Å²) in [5.74, 6) is -0.637. The molecule has 1 aliphatic heterocycles. The number of carbonyl (C=O) groups is 1. The summed E-state index contributed by atoms with van der Waals surface area (Å²) in [5, 5.41) is 13.4. The lowest BCUT2D eigenvalue weighted by Crippen LogP contribution is -2.57. The Bertz CT molecular complexity index is 1710. The zero-order valence-electron chi connectivity index (χ0n) is 24.7. The highest BCUT2D eigenvalue weighted by molar-refractivity contribution is 7.93. The highest BCUT2D eigenvalue weighted by atomic mass is 32.2. The maximum Gasteiger partial charge on any atom is 0.573 e. The summed E-state index contributed by atoms with van der Waals surface area (Å²) in [7, 11) is -4.12. The van der Waals surface area contributed by atoms with Gasteiger partial charge in [-0.3, -0.25) is 14.9 Å². The lowest BCUT2D eigenvalue weighted by Gasteiger charge is -2.39. The number of nitrogens with one attached hydrogen (secondary N) is 1. The lowest BCUT2D eigenvalue weighted by molar-refractivity contribution is -0.274. The SMILES string of the molecule is O=C(NO)C1(S(=O)(=O)c2ccc(CCCCc3nc(-c4ccc(OC(F)(F)F)cc4)no3)cc2)CCN(Cc2ccccc2)CC1. The van der Waals surface area contributed by atoms with Gasteiger partial charge in [-0.2, -0.15) is 4.98 Å². The number of piperidine rings is 1. The lowest BCUT2D eigenvalue weighted by atomic mass is 9.94. The van der Waals surface area contributed by atoms with Crippen molar-refractivity contribution < 1.29 is 40.9 Å². The van der Waals surface area contributed by atoms with Gasteiger partial charge in [-0.05, 0) is 79.6 Å². The molecule has 46 heavy (non-hydrogen) atoms. The molecule has 0 aliphatic carbocycles. The zero-order chi connectivity index (χ0) is 32.8. The predicted molar refractivity (Wildman–Crippen MR) is 160 cm³/mol. The van der Waals surface area contributed by atoms with Crippen LogP contribution in [0.5, 0.6) is 5.75 Å². The number of alkyl halides is 3. The molecular weight excluding hydrogens is 625 g/mol. The third-order valence-electron chi connectivity index (χ3n) is 8.10. The van der Waals surface area contributed by atoms with E-state index in [1.54, 1.807) is 17.6 Å². The van der Waals surface area contributed by atoms with Gasteiger partial charge < -0.3 is 9.26 Å². The average molecular weight is 659 g/mol. The van der Waals surface area contributed by atoms with Crippen molar-refractivity contribution >= 4 is 15.7 Å². The Morgan fingerprint density at radius 3 is 2.22 bits per heavy atom. The number of rotatable bonds is 12. The molecule has 2 N–H and O–H groups in total. The van der Waals surface area contributed by atoms with Gasteiger partial charge in [0.15, 0.2) is 14.6 Å². The fourth-order valence-corrected chi connectivity index (χ4v) is 7.53. The molecule has 1 aliphatic rings. The van der Waals surface area contributed by atoms with Gasteiger partial charge in [-0.15, -0.1) is 13.2 Å². The Hall–Kier alpha value is -4.27. The number of hydrogen-bond acceptors (Lipinski definition) is 9. The molecule has 0 saturated carbocycles. The fraction of sp³-hybridized carbons (Fsp3) is 0.344. The molecule has 0 radical (unpaired) electrons. The van der Waals surface area contributed by atoms with Gasteiger partial charge in [0, 0.05) is 31.6 Å². The number of aromatic nitrogens is 2. The molecule has 244 valence electrons. The first-order chi connectivity index (χ1) is 22.0. The maximum absolute atomic E-state index is 13.8. The van der Waals surface area contributed by atoms with Crippen LogP contribution < -0.4 is 10.2 Å². The van der Waals surface area contributed by atoms with Crippen LogP contribution in [0.4, 0.5) is 13.2 Å². The molecule has 0 atom stereocenters. The molecule has 0 unspecified atom stereocenters. The van der Waals surface area contributed by atoms with Crippen LogP contribution in [-0.2, 0) is 34.0 Å². The highest BCUT2D eigenvalue weighted by Gasteiger charge is 2.52. The van der Waals surface area contributed by atoms with Crippen molar-refractivity contribution in [2.24, 2.45) is 0 Å². The van der Waals surface area contributed by atoms with E-state index < -0.39 is 26.9 Å². The Morgan fingerprint density at radius 2 is 1.59 bits per heavy atom. The molecule has 0 spiro atoms. The number of benzene rings is 3. The number of ether oxygens (including phenoxy) is 1. The number of halogens is 3. The minimum Gasteiger partial charge on any atom is -0.406 e. The van der Waals surface area contributed by atoms with Gasteiger partial charge in [0.25, 0.3) is 5.91 Å². The number of carbonyl (C=O) groups excluding carboxylic acids is 1. The quantitative estimate of drug-likeness (QED) is 0.115. The third-order valence-corrected chi connectivity index (χ3v) is 10.6. The number of unbranched alkanes of at least 4 members (excludes halogenated alkanes) is 1. The molecular formula is C32H33F3N4O6S. The Labute approximate surface area is 264 Å². The average Bonchev–Trinajstić information content (AvgIpc) is 3.52. The standard InChI is InChI=1S/C32H33F3N4O6S/c33-32(34,35)44-26-14-12-25(13-15-26)29-36-28(45-38-29)9-5-4-6-23-10-16-27(17-11-23)46(42,43)31(30(40)37-41)18-20-39(21-19-31)22-24-7-2-1-3-8-24/h1-3,7-8,10-17,41H,4-6,9,18-22H2,(H,37,40). The smallest absolute Gasteiger partial charge is 0.406 e. The van der Waals surface area contributed by atoms with Crippen molar-refractivity contribution in [1.82, 2.24) is 20.5 Å². The van der Waals surface area contributed by atoms with Crippen LogP contribution in [0, 0.1) is 0 Å². The molecule has 4 aromatic rings. The van der Waals surface area contributed by atoms with Crippen molar-refractivity contribution in [1.29, 1.82) is 0 Å². The first-order valence-electron chi connectivity index (χ1n) is 14.7. The van der Waals surface area contributed by atoms with Crippen LogP contribution in [0.15, 0.2) is 88.3 Å². The van der Waals surface area contributed by atoms with E-state index >= 15 is 0 Å². The van der Waals surface area contributed by atoms with Gasteiger partial charge in [0.05, 0.1) is 4.90 Å². The van der Waals surface area contributed by atoms with Crippen LogP contribution >= 0.6 is 0 Å². The first-order valence-corrected chi connectivity index (χ1v) is 16.2. The summed E-state index contributed by atoms with van der Waals surface area (Å²) < 4.78 is 72.1. The Balaban J connectivity index is 1.14. The van der Waals surface area contributed by atoms with Crippen LogP contribution in [0.3, 0.4) is 0 Å². The van der Waals surface area contributed by atoms with Crippen molar-refractivity contribution in [3.8, 4) is 17.1 Å². The Kier molecular flexibility index (Phi) is 10.1. The second kappa shape index (κ2) is 14.0. The number of hydroxylamine groups is 1. The summed E-state index contributed by atoms with van der Waals surface area (Å²) in [6.45, 7) is 1.40. The van der Waals surface area contributed by atoms with Crippen molar-refractivity contribution in [2.45, 2.75) is 61.1 Å². The van der Waals surface area contributed by atoms with E-state index in [2.05, 4.69) is 19.8 Å². The summed E-state index contributed by atoms with van der Waals surface area (Å²) in [5.41, 5.74) is 4.08. The van der Waals surface area contributed by atoms with E-state index in [1.807, 2.05) is 30.3 Å². The summed E-state index contributed by atoms with van der Waals surface area (Å²) in [4.78, 5) is 19.3. The molecule has 1 saturated heterocycles. The van der Waals surface area contributed by atoms with E-state index in [0.717, 1.165) is 17.5 Å². The van der Waals surface area contributed by atoms with Crippen LogP contribution in [0.25, 0.3) is 11.4 Å². The molecule has 0 bridgehead atoms. The molecule has 1 aromatic heterocycles. The van der Waals surface area contributed by atoms with Crippen molar-refractivity contribution in [2.75, 3.05) is 13.1 Å². The number of amides is 1. The topological polar surface area (TPSA) is 135 Å². The number of nitrogens with zero attached hydrogens (tertiary/aromatic N) is 3. The predicted octanol–water partition coefficient (Wildman–Crippen LogP) is 5.51. The normalized spacial score (nSPS) is 15.4. The second-order valence-corrected chi connectivity index (χ2v) is 13.4. The van der Waals surface area contributed by atoms with E-state index in [4.69, 9.17) is 4.52 Å². The third kappa shape index (κ3) is 7.74. The molecule has 1 fully saturated rings. The van der Waals surface area contributed by atoms with Crippen LogP contribution in [0.2, 0.25) is 0 Å². The fourth-order valence-electron chi connectivity index (χ4n) is 5.58. The first kappa shape index (κ1) is 33.1. The maximum atomic E-state index is 13.8. The minimum atomic E-state index is -4.77. The van der Waals surface area contributed by atoms with Gasteiger partial charge in [-0.25, -0.2) is 13.9 Å². The van der Waals surface area contributed by atoms with Crippen molar-refractivity contribution in [3.05, 3.63) is 95.9 Å². The number of likely N-dealkylation sites (tertiary alicyclic amines) is 1.